The number of carbonyl (C=O) groups is 1. The zero-order chi connectivity index (χ0) is 20.3. The molecule has 1 N–H and O–H groups in total. The van der Waals surface area contributed by atoms with Gasteiger partial charge in [-0.25, -0.2) is 4.79 Å². The Morgan fingerprint density at radius 2 is 1.57 bits per heavy atom. The fourth-order valence-corrected chi connectivity index (χ4v) is 3.03. The number of hydrogen-bond donors (Lipinski definition) is 1. The van der Waals surface area contributed by atoms with Gasteiger partial charge in [-0.3, -0.25) is 0 Å². The summed E-state index contributed by atoms with van der Waals surface area (Å²) in [5.41, 5.74) is 0.0343. The van der Waals surface area contributed by atoms with Gasteiger partial charge in [0.15, 0.2) is 0 Å². The Labute approximate surface area is 160 Å². The molecular weight excluding hydrogens is 369 g/mol. The number of alkyl halides is 3. The van der Waals surface area contributed by atoms with E-state index >= 15 is 0 Å². The van der Waals surface area contributed by atoms with E-state index in [4.69, 9.17) is 4.74 Å². The molecule has 6 heteroatoms. The number of phenols is 1. The number of rotatable bonds is 4. The molecule has 28 heavy (non-hydrogen) atoms. The lowest BCUT2D eigenvalue weighted by Gasteiger charge is -2.17. The lowest BCUT2D eigenvalue weighted by Crippen LogP contribution is -2.09. The van der Waals surface area contributed by atoms with E-state index < -0.39 is 23.5 Å². The van der Waals surface area contributed by atoms with Gasteiger partial charge in [0, 0.05) is 5.56 Å². The summed E-state index contributed by atoms with van der Waals surface area (Å²) in [4.78, 5) is 12.4. The Kier molecular flexibility index (Phi) is 5.40. The molecular formula is C22H17F3O3. The maximum absolute atomic E-state index is 13.4. The van der Waals surface area contributed by atoms with E-state index in [2.05, 4.69) is 0 Å². The first-order valence-corrected chi connectivity index (χ1v) is 8.59. The summed E-state index contributed by atoms with van der Waals surface area (Å²) in [6.45, 7) is 1.73. The molecule has 0 spiro atoms. The molecule has 0 saturated carbocycles. The predicted octanol–water partition coefficient (Wildman–Crippen LogP) is 5.92. The molecule has 0 aliphatic heterocycles. The molecule has 3 aromatic carbocycles. The number of ether oxygens (including phenoxy) is 1. The van der Waals surface area contributed by atoms with E-state index in [0.717, 1.165) is 12.1 Å². The highest BCUT2D eigenvalue weighted by Crippen LogP contribution is 2.41. The number of carbonyl (C=O) groups excluding carboxylic acids is 1. The highest BCUT2D eigenvalue weighted by Gasteiger charge is 2.33. The highest BCUT2D eigenvalue weighted by molar-refractivity contribution is 6.01. The van der Waals surface area contributed by atoms with Gasteiger partial charge in [-0.05, 0) is 41.8 Å². The van der Waals surface area contributed by atoms with E-state index in [1.807, 2.05) is 0 Å². The number of hydrogen-bond acceptors (Lipinski definition) is 3. The lowest BCUT2D eigenvalue weighted by molar-refractivity contribution is -0.137. The van der Waals surface area contributed by atoms with Crippen LogP contribution in [-0.4, -0.2) is 17.7 Å². The summed E-state index contributed by atoms with van der Waals surface area (Å²) >= 11 is 0. The van der Waals surface area contributed by atoms with Gasteiger partial charge in [0.1, 0.15) is 11.3 Å². The van der Waals surface area contributed by atoms with E-state index in [1.165, 1.54) is 24.3 Å². The fraction of sp³-hybridized carbons (Fsp3) is 0.136. The Morgan fingerprint density at radius 1 is 0.929 bits per heavy atom. The minimum absolute atomic E-state index is 0.0821. The SMILES string of the molecule is CCOC(=O)c1c(O)cc(-c2ccccc2C(F)(F)F)cc1-c1ccccc1. The lowest BCUT2D eigenvalue weighted by atomic mass is 9.91. The molecule has 3 rings (SSSR count). The smallest absolute Gasteiger partial charge is 0.417 e. The third-order valence-electron chi connectivity index (χ3n) is 4.23. The average Bonchev–Trinajstić information content (AvgIpc) is 2.67. The summed E-state index contributed by atoms with van der Waals surface area (Å²) in [5, 5.41) is 10.5. The highest BCUT2D eigenvalue weighted by atomic mass is 19.4. The van der Waals surface area contributed by atoms with Crippen LogP contribution in [-0.2, 0) is 10.9 Å². The quantitative estimate of drug-likeness (QED) is 0.566. The Hall–Kier alpha value is -3.28. The standard InChI is InChI=1S/C22H17F3O3/c1-2-28-21(27)20-17(14-8-4-3-5-9-14)12-15(13-19(20)26)16-10-6-7-11-18(16)22(23,24)25/h3-13,26H,2H2,1H3. The molecule has 0 radical (unpaired) electrons. The number of phenolic OH excluding ortho intramolecular Hbond substituents is 1. The van der Waals surface area contributed by atoms with Crippen molar-refractivity contribution in [3.05, 3.63) is 77.9 Å². The average molecular weight is 386 g/mol. The van der Waals surface area contributed by atoms with E-state index in [1.54, 1.807) is 37.3 Å². The molecule has 0 aliphatic rings. The third kappa shape index (κ3) is 3.86. The van der Waals surface area contributed by atoms with Crippen LogP contribution >= 0.6 is 0 Å². The Bertz CT molecular complexity index is 996. The molecule has 0 unspecified atom stereocenters. The van der Waals surface area contributed by atoms with Gasteiger partial charge >= 0.3 is 12.1 Å². The van der Waals surface area contributed by atoms with Gasteiger partial charge in [-0.1, -0.05) is 48.5 Å². The fourth-order valence-electron chi connectivity index (χ4n) is 3.03. The second-order valence-corrected chi connectivity index (χ2v) is 6.05. The zero-order valence-electron chi connectivity index (χ0n) is 15.0. The molecule has 0 atom stereocenters. The van der Waals surface area contributed by atoms with Crippen molar-refractivity contribution in [1.82, 2.24) is 0 Å². The van der Waals surface area contributed by atoms with E-state index in [-0.39, 0.29) is 23.3 Å². The Morgan fingerprint density at radius 3 is 2.21 bits per heavy atom. The molecule has 0 fully saturated rings. The van der Waals surface area contributed by atoms with Gasteiger partial charge in [-0.15, -0.1) is 0 Å². The van der Waals surface area contributed by atoms with Gasteiger partial charge in [0.25, 0.3) is 0 Å². The molecule has 0 bridgehead atoms. The molecule has 144 valence electrons. The number of benzene rings is 3. The van der Waals surface area contributed by atoms with Crippen LogP contribution in [0.5, 0.6) is 5.75 Å². The molecule has 0 aliphatic carbocycles. The van der Waals surface area contributed by atoms with Crippen molar-refractivity contribution in [1.29, 1.82) is 0 Å². The van der Waals surface area contributed by atoms with Crippen LogP contribution in [0, 0.1) is 0 Å². The van der Waals surface area contributed by atoms with Crippen LogP contribution < -0.4 is 0 Å². The first-order valence-electron chi connectivity index (χ1n) is 8.59. The molecule has 0 saturated heterocycles. The van der Waals surface area contributed by atoms with Crippen LogP contribution in [0.2, 0.25) is 0 Å². The van der Waals surface area contributed by atoms with Gasteiger partial charge in [-0.2, -0.15) is 13.2 Å². The maximum Gasteiger partial charge on any atom is 0.417 e. The molecule has 0 aromatic heterocycles. The monoisotopic (exact) mass is 386 g/mol. The molecule has 3 aromatic rings. The summed E-state index contributed by atoms with van der Waals surface area (Å²) in [5.74, 6) is -1.18. The largest absolute Gasteiger partial charge is 0.507 e. The zero-order valence-corrected chi connectivity index (χ0v) is 15.0. The summed E-state index contributed by atoms with van der Waals surface area (Å²) in [6, 6.07) is 16.4. The summed E-state index contributed by atoms with van der Waals surface area (Å²) in [6.07, 6.45) is -4.56. The Balaban J connectivity index is 2.28. The first kappa shape index (κ1) is 19.5. The number of halogens is 3. The van der Waals surface area contributed by atoms with Crippen molar-refractivity contribution in [2.24, 2.45) is 0 Å². The van der Waals surface area contributed by atoms with E-state index in [9.17, 15) is 23.1 Å². The van der Waals surface area contributed by atoms with Gasteiger partial charge < -0.3 is 9.84 Å². The van der Waals surface area contributed by atoms with Crippen LogP contribution in [0.3, 0.4) is 0 Å². The molecule has 0 heterocycles. The van der Waals surface area contributed by atoms with Crippen LogP contribution in [0.1, 0.15) is 22.8 Å². The maximum atomic E-state index is 13.4. The van der Waals surface area contributed by atoms with Crippen molar-refractivity contribution in [3.8, 4) is 28.0 Å². The third-order valence-corrected chi connectivity index (χ3v) is 4.23. The van der Waals surface area contributed by atoms with Crippen molar-refractivity contribution in [2.45, 2.75) is 13.1 Å². The second-order valence-electron chi connectivity index (χ2n) is 6.05. The van der Waals surface area contributed by atoms with Crippen molar-refractivity contribution < 1.29 is 27.8 Å². The number of aromatic hydroxyl groups is 1. The minimum atomic E-state index is -4.56. The second kappa shape index (κ2) is 7.76. The van der Waals surface area contributed by atoms with Crippen molar-refractivity contribution in [3.63, 3.8) is 0 Å². The van der Waals surface area contributed by atoms with Crippen molar-refractivity contribution in [2.75, 3.05) is 6.61 Å². The molecule has 0 amide bonds. The molecule has 3 nitrogen and oxygen atoms in total. The van der Waals surface area contributed by atoms with Gasteiger partial charge in [0.05, 0.1) is 12.2 Å². The van der Waals surface area contributed by atoms with E-state index in [0.29, 0.717) is 11.1 Å². The summed E-state index contributed by atoms with van der Waals surface area (Å²) < 4.78 is 45.3. The van der Waals surface area contributed by atoms with Crippen LogP contribution in [0.15, 0.2) is 66.7 Å². The topological polar surface area (TPSA) is 46.5 Å². The van der Waals surface area contributed by atoms with Crippen molar-refractivity contribution >= 4 is 5.97 Å². The summed E-state index contributed by atoms with van der Waals surface area (Å²) in [7, 11) is 0. The van der Waals surface area contributed by atoms with Gasteiger partial charge in [0.2, 0.25) is 0 Å². The predicted molar refractivity (Wildman–Crippen MR) is 99.9 cm³/mol. The normalized spacial score (nSPS) is 11.3. The minimum Gasteiger partial charge on any atom is -0.507 e. The first-order chi connectivity index (χ1) is 13.3. The van der Waals surface area contributed by atoms with Crippen LogP contribution in [0.25, 0.3) is 22.3 Å². The number of esters is 1. The van der Waals surface area contributed by atoms with Crippen LogP contribution in [0.4, 0.5) is 13.2 Å².